The molecule has 96 valence electrons. The summed E-state index contributed by atoms with van der Waals surface area (Å²) in [6, 6.07) is 0.822. The van der Waals surface area contributed by atoms with E-state index in [9.17, 15) is 0 Å². The van der Waals surface area contributed by atoms with Crippen molar-refractivity contribution < 1.29 is 0 Å². The number of hydrogen-bond donors (Lipinski definition) is 1. The normalized spacial score (nSPS) is 22.9. The number of nitrogens with zero attached hydrogens (tertiary/aromatic N) is 1. The Morgan fingerprint density at radius 3 is 2.75 bits per heavy atom. The van der Waals surface area contributed by atoms with Crippen molar-refractivity contribution in [3.05, 3.63) is 0 Å². The first-order valence-electron chi connectivity index (χ1n) is 7.22. The van der Waals surface area contributed by atoms with Crippen molar-refractivity contribution in [3.8, 4) is 0 Å². The predicted molar refractivity (Wildman–Crippen MR) is 71.8 cm³/mol. The van der Waals surface area contributed by atoms with Crippen molar-refractivity contribution >= 4 is 0 Å². The Kier molecular flexibility index (Phi) is 7.06. The molecule has 0 radical (unpaired) electrons. The van der Waals surface area contributed by atoms with Crippen molar-refractivity contribution in [3.63, 3.8) is 0 Å². The quantitative estimate of drug-likeness (QED) is 0.684. The molecule has 1 aliphatic heterocycles. The molecule has 0 bridgehead atoms. The van der Waals surface area contributed by atoms with E-state index < -0.39 is 0 Å². The number of hydrogen-bond acceptors (Lipinski definition) is 2. The maximum atomic E-state index is 3.58. The van der Waals surface area contributed by atoms with E-state index in [4.69, 9.17) is 0 Å². The first-order valence-corrected chi connectivity index (χ1v) is 7.22. The maximum Gasteiger partial charge on any atom is 0.00680 e. The molecule has 1 heterocycles. The SMILES string of the molecule is CCC(C)CN(CC)CCCC1CCCN1. The van der Waals surface area contributed by atoms with E-state index in [0.717, 1.165) is 12.0 Å². The Labute approximate surface area is 102 Å². The Bertz CT molecular complexity index is 164. The smallest absolute Gasteiger partial charge is 0.00680 e. The molecule has 1 fully saturated rings. The van der Waals surface area contributed by atoms with Crippen LogP contribution in [-0.2, 0) is 0 Å². The van der Waals surface area contributed by atoms with Gasteiger partial charge in [0.25, 0.3) is 0 Å². The van der Waals surface area contributed by atoms with Crippen LogP contribution < -0.4 is 5.32 Å². The lowest BCUT2D eigenvalue weighted by Crippen LogP contribution is -2.30. The summed E-state index contributed by atoms with van der Waals surface area (Å²) in [5.41, 5.74) is 0. The summed E-state index contributed by atoms with van der Waals surface area (Å²) in [5.74, 6) is 0.851. The highest BCUT2D eigenvalue weighted by Gasteiger charge is 2.14. The lowest BCUT2D eigenvalue weighted by molar-refractivity contribution is 0.238. The van der Waals surface area contributed by atoms with Crippen LogP contribution in [0.1, 0.15) is 52.9 Å². The first kappa shape index (κ1) is 14.0. The van der Waals surface area contributed by atoms with Gasteiger partial charge in [0.05, 0.1) is 0 Å². The second-order valence-electron chi connectivity index (χ2n) is 5.34. The van der Waals surface area contributed by atoms with Crippen LogP contribution in [0.2, 0.25) is 0 Å². The monoisotopic (exact) mass is 226 g/mol. The molecule has 16 heavy (non-hydrogen) atoms. The van der Waals surface area contributed by atoms with Crippen LogP contribution in [0, 0.1) is 5.92 Å². The summed E-state index contributed by atoms with van der Waals surface area (Å²) in [6.07, 6.45) is 6.83. The molecule has 0 aliphatic carbocycles. The van der Waals surface area contributed by atoms with Crippen molar-refractivity contribution in [2.45, 2.75) is 58.9 Å². The largest absolute Gasteiger partial charge is 0.314 e. The van der Waals surface area contributed by atoms with E-state index in [0.29, 0.717) is 0 Å². The van der Waals surface area contributed by atoms with E-state index in [2.05, 4.69) is 31.0 Å². The van der Waals surface area contributed by atoms with E-state index in [-0.39, 0.29) is 0 Å². The highest BCUT2D eigenvalue weighted by Crippen LogP contribution is 2.12. The minimum absolute atomic E-state index is 0.822. The standard InChI is InChI=1S/C14H30N2/c1-4-13(3)12-16(5-2)11-7-9-14-8-6-10-15-14/h13-15H,4-12H2,1-3H3. The molecule has 2 atom stereocenters. The Morgan fingerprint density at radius 2 is 2.19 bits per heavy atom. The van der Waals surface area contributed by atoms with Gasteiger partial charge in [0.15, 0.2) is 0 Å². The molecule has 0 aromatic rings. The third-order valence-electron chi connectivity index (χ3n) is 3.90. The molecule has 2 unspecified atom stereocenters. The average molecular weight is 226 g/mol. The molecule has 2 heteroatoms. The molecule has 2 nitrogen and oxygen atoms in total. The van der Waals surface area contributed by atoms with Gasteiger partial charge in [-0.25, -0.2) is 0 Å². The third kappa shape index (κ3) is 5.31. The predicted octanol–water partition coefficient (Wildman–Crippen LogP) is 2.89. The molecule has 0 aromatic heterocycles. The average Bonchev–Trinajstić information content (AvgIpc) is 2.80. The first-order chi connectivity index (χ1) is 7.76. The summed E-state index contributed by atoms with van der Waals surface area (Å²) < 4.78 is 0. The maximum absolute atomic E-state index is 3.58. The molecule has 0 saturated carbocycles. The second-order valence-corrected chi connectivity index (χ2v) is 5.34. The Morgan fingerprint density at radius 1 is 1.38 bits per heavy atom. The lowest BCUT2D eigenvalue weighted by atomic mass is 10.1. The zero-order valence-electron chi connectivity index (χ0n) is 11.5. The molecule has 1 saturated heterocycles. The van der Waals surface area contributed by atoms with Crippen molar-refractivity contribution in [1.29, 1.82) is 0 Å². The summed E-state index contributed by atoms with van der Waals surface area (Å²) in [7, 11) is 0. The van der Waals surface area contributed by atoms with Crippen LogP contribution in [0.3, 0.4) is 0 Å². The molecule has 1 N–H and O–H groups in total. The summed E-state index contributed by atoms with van der Waals surface area (Å²) in [4.78, 5) is 2.61. The van der Waals surface area contributed by atoms with Crippen molar-refractivity contribution in [2.75, 3.05) is 26.2 Å². The highest BCUT2D eigenvalue weighted by atomic mass is 15.1. The van der Waals surface area contributed by atoms with Crippen molar-refractivity contribution in [1.82, 2.24) is 10.2 Å². The zero-order valence-corrected chi connectivity index (χ0v) is 11.5. The Balaban J connectivity index is 2.08. The third-order valence-corrected chi connectivity index (χ3v) is 3.90. The Hall–Kier alpha value is -0.0800. The zero-order chi connectivity index (χ0) is 11.8. The van der Waals surface area contributed by atoms with Crippen LogP contribution in [0.25, 0.3) is 0 Å². The highest BCUT2D eigenvalue weighted by molar-refractivity contribution is 4.74. The van der Waals surface area contributed by atoms with E-state index in [1.165, 1.54) is 58.3 Å². The number of nitrogens with one attached hydrogen (secondary N) is 1. The lowest BCUT2D eigenvalue weighted by Gasteiger charge is -2.24. The fourth-order valence-corrected chi connectivity index (χ4v) is 2.51. The van der Waals surface area contributed by atoms with Gasteiger partial charge in [-0.15, -0.1) is 0 Å². The minimum atomic E-state index is 0.822. The van der Waals surface area contributed by atoms with Crippen LogP contribution in [0.15, 0.2) is 0 Å². The van der Waals surface area contributed by atoms with Gasteiger partial charge in [0, 0.05) is 12.6 Å². The molecule has 0 spiro atoms. The van der Waals surface area contributed by atoms with Gasteiger partial charge >= 0.3 is 0 Å². The van der Waals surface area contributed by atoms with Gasteiger partial charge < -0.3 is 10.2 Å². The summed E-state index contributed by atoms with van der Waals surface area (Å²) in [6.45, 7) is 12.0. The minimum Gasteiger partial charge on any atom is -0.314 e. The second kappa shape index (κ2) is 8.08. The topological polar surface area (TPSA) is 15.3 Å². The van der Waals surface area contributed by atoms with Crippen LogP contribution in [0.4, 0.5) is 0 Å². The van der Waals surface area contributed by atoms with Gasteiger partial charge in [-0.3, -0.25) is 0 Å². The van der Waals surface area contributed by atoms with Gasteiger partial charge in [-0.05, 0) is 51.2 Å². The van der Waals surface area contributed by atoms with Crippen LogP contribution >= 0.6 is 0 Å². The van der Waals surface area contributed by atoms with Crippen molar-refractivity contribution in [2.24, 2.45) is 5.92 Å². The van der Waals surface area contributed by atoms with Crippen LogP contribution in [0.5, 0.6) is 0 Å². The molecule has 0 amide bonds. The summed E-state index contributed by atoms with van der Waals surface area (Å²) in [5, 5.41) is 3.58. The van der Waals surface area contributed by atoms with E-state index >= 15 is 0 Å². The fraction of sp³-hybridized carbons (Fsp3) is 1.00. The van der Waals surface area contributed by atoms with Gasteiger partial charge in [0.1, 0.15) is 0 Å². The molecular weight excluding hydrogens is 196 g/mol. The molecule has 1 rings (SSSR count). The fourth-order valence-electron chi connectivity index (χ4n) is 2.51. The molecule has 0 aromatic carbocycles. The van der Waals surface area contributed by atoms with Crippen LogP contribution in [-0.4, -0.2) is 37.1 Å². The number of rotatable bonds is 8. The van der Waals surface area contributed by atoms with E-state index in [1.54, 1.807) is 0 Å². The molecule has 1 aliphatic rings. The summed E-state index contributed by atoms with van der Waals surface area (Å²) >= 11 is 0. The van der Waals surface area contributed by atoms with E-state index in [1.807, 2.05) is 0 Å². The van der Waals surface area contributed by atoms with Gasteiger partial charge in [-0.1, -0.05) is 27.2 Å². The molecular formula is C14H30N2. The van der Waals surface area contributed by atoms with Gasteiger partial charge in [0.2, 0.25) is 0 Å². The van der Waals surface area contributed by atoms with Gasteiger partial charge in [-0.2, -0.15) is 0 Å².